The molecule has 2 amide bonds. The monoisotopic (exact) mass is 498 g/mol. The van der Waals surface area contributed by atoms with Crippen molar-refractivity contribution >= 4 is 46.6 Å². The van der Waals surface area contributed by atoms with Crippen LogP contribution in [0.2, 0.25) is 15.1 Å². The number of benzene rings is 2. The molecule has 1 aliphatic carbocycles. The van der Waals surface area contributed by atoms with E-state index in [9.17, 15) is 14.0 Å². The van der Waals surface area contributed by atoms with E-state index in [1.807, 2.05) is 0 Å². The summed E-state index contributed by atoms with van der Waals surface area (Å²) in [5.41, 5.74) is 0.621. The Morgan fingerprint density at radius 2 is 1.56 bits per heavy atom. The smallest absolute Gasteiger partial charge is 0.242 e. The molecule has 4 nitrogen and oxygen atoms in total. The summed E-state index contributed by atoms with van der Waals surface area (Å²) in [4.78, 5) is 27.7. The molecule has 1 fully saturated rings. The van der Waals surface area contributed by atoms with E-state index in [0.717, 1.165) is 25.7 Å². The van der Waals surface area contributed by atoms with E-state index in [2.05, 4.69) is 5.32 Å². The molecule has 0 bridgehead atoms. The molecule has 0 spiro atoms. The van der Waals surface area contributed by atoms with Crippen molar-refractivity contribution in [2.45, 2.75) is 64.1 Å². The van der Waals surface area contributed by atoms with Crippen LogP contribution >= 0.6 is 34.8 Å². The van der Waals surface area contributed by atoms with Gasteiger partial charge in [0.25, 0.3) is 0 Å². The van der Waals surface area contributed by atoms with Gasteiger partial charge in [-0.25, -0.2) is 4.39 Å². The molecular weight excluding hydrogens is 474 g/mol. The van der Waals surface area contributed by atoms with Crippen LogP contribution < -0.4 is 5.32 Å². The quantitative estimate of drug-likeness (QED) is 0.493. The van der Waals surface area contributed by atoms with Gasteiger partial charge in [0, 0.05) is 38.8 Å². The van der Waals surface area contributed by atoms with Gasteiger partial charge >= 0.3 is 0 Å². The predicted molar refractivity (Wildman–Crippen MR) is 127 cm³/mol. The molecule has 2 aromatic carbocycles. The van der Waals surface area contributed by atoms with Crippen molar-refractivity contribution < 1.29 is 14.0 Å². The van der Waals surface area contributed by atoms with Crippen LogP contribution in [-0.4, -0.2) is 28.8 Å². The van der Waals surface area contributed by atoms with Gasteiger partial charge in [-0.3, -0.25) is 9.59 Å². The molecule has 3 rings (SSSR count). The van der Waals surface area contributed by atoms with Gasteiger partial charge in [0.1, 0.15) is 11.9 Å². The van der Waals surface area contributed by atoms with Gasteiger partial charge in [-0.05, 0) is 44.0 Å². The number of nitrogens with one attached hydrogen (secondary N) is 1. The number of amides is 2. The molecule has 0 aliphatic heterocycles. The second-order valence-electron chi connectivity index (χ2n) is 8.12. The fourth-order valence-electron chi connectivity index (χ4n) is 3.96. The number of halogens is 4. The number of hydrogen-bond acceptors (Lipinski definition) is 2. The lowest BCUT2D eigenvalue weighted by molar-refractivity contribution is -0.140. The van der Waals surface area contributed by atoms with Crippen molar-refractivity contribution in [3.8, 4) is 0 Å². The number of carbonyl (C=O) groups is 2. The number of nitrogens with zero attached hydrogens (tertiary/aromatic N) is 1. The lowest BCUT2D eigenvalue weighted by Crippen LogP contribution is -2.50. The third-order valence-corrected chi connectivity index (χ3v) is 6.96. The van der Waals surface area contributed by atoms with Crippen LogP contribution in [-0.2, 0) is 22.6 Å². The van der Waals surface area contributed by atoms with Gasteiger partial charge in [-0.1, -0.05) is 66.2 Å². The maximum atomic E-state index is 14.3. The molecule has 1 aliphatic rings. The van der Waals surface area contributed by atoms with Crippen molar-refractivity contribution in [1.82, 2.24) is 10.2 Å². The molecule has 1 N–H and O–H groups in total. The summed E-state index contributed by atoms with van der Waals surface area (Å²) in [5, 5.41) is 3.99. The Morgan fingerprint density at radius 3 is 2.16 bits per heavy atom. The van der Waals surface area contributed by atoms with E-state index in [1.54, 1.807) is 25.1 Å². The fourth-order valence-corrected chi connectivity index (χ4v) is 4.71. The largest absolute Gasteiger partial charge is 0.352 e. The molecule has 0 heterocycles. The highest BCUT2D eigenvalue weighted by atomic mass is 35.5. The van der Waals surface area contributed by atoms with Crippen LogP contribution in [0, 0.1) is 5.82 Å². The van der Waals surface area contributed by atoms with Gasteiger partial charge in [-0.15, -0.1) is 0 Å². The van der Waals surface area contributed by atoms with Gasteiger partial charge in [0.2, 0.25) is 11.8 Å². The number of carbonyl (C=O) groups excluding carboxylic acids is 2. The SMILES string of the molecule is CC(C(=O)NC1CCCCC1)N(Cc1c(Cl)cccc1Cl)C(=O)Cc1c(F)cccc1Cl. The zero-order valence-electron chi connectivity index (χ0n) is 17.8. The Balaban J connectivity index is 1.86. The third kappa shape index (κ3) is 6.15. The summed E-state index contributed by atoms with van der Waals surface area (Å²) >= 11 is 18.8. The highest BCUT2D eigenvalue weighted by Gasteiger charge is 2.30. The zero-order valence-corrected chi connectivity index (χ0v) is 20.1. The van der Waals surface area contributed by atoms with E-state index in [0.29, 0.717) is 15.6 Å². The molecule has 0 aromatic heterocycles. The second-order valence-corrected chi connectivity index (χ2v) is 9.34. The first kappa shape index (κ1) is 24.8. The van der Waals surface area contributed by atoms with E-state index < -0.39 is 17.8 Å². The Kier molecular flexibility index (Phi) is 8.80. The maximum Gasteiger partial charge on any atom is 0.242 e. The van der Waals surface area contributed by atoms with E-state index >= 15 is 0 Å². The summed E-state index contributed by atoms with van der Waals surface area (Å²) in [5.74, 6) is -1.27. The number of hydrogen-bond donors (Lipinski definition) is 1. The molecule has 172 valence electrons. The lowest BCUT2D eigenvalue weighted by atomic mass is 9.95. The highest BCUT2D eigenvalue weighted by molar-refractivity contribution is 6.36. The third-order valence-electron chi connectivity index (χ3n) is 5.90. The minimum absolute atomic E-state index is 0.0165. The standard InChI is InChI=1S/C24H26Cl3FN2O2/c1-15(24(32)29-16-7-3-2-4-8-16)30(14-18-20(26)9-5-10-21(18)27)23(31)13-17-19(25)11-6-12-22(17)28/h5-6,9-12,15-16H,2-4,7-8,13-14H2,1H3,(H,29,32). The Labute approximate surface area is 203 Å². The number of rotatable bonds is 7. The Morgan fingerprint density at radius 1 is 1.00 bits per heavy atom. The average Bonchev–Trinajstić information content (AvgIpc) is 2.76. The van der Waals surface area contributed by atoms with E-state index in [4.69, 9.17) is 34.8 Å². The molecular formula is C24H26Cl3FN2O2. The van der Waals surface area contributed by atoms with Gasteiger partial charge in [0.05, 0.1) is 6.42 Å². The molecule has 0 saturated heterocycles. The van der Waals surface area contributed by atoms with Crippen LogP contribution in [0.15, 0.2) is 36.4 Å². The first-order valence-electron chi connectivity index (χ1n) is 10.7. The van der Waals surface area contributed by atoms with Gasteiger partial charge in [-0.2, -0.15) is 0 Å². The summed E-state index contributed by atoms with van der Waals surface area (Å²) in [6.45, 7) is 1.67. The van der Waals surface area contributed by atoms with Crippen LogP contribution in [0.1, 0.15) is 50.2 Å². The Bertz CT molecular complexity index is 939. The molecule has 2 aromatic rings. The molecule has 1 unspecified atom stereocenters. The molecule has 32 heavy (non-hydrogen) atoms. The van der Waals surface area contributed by atoms with Crippen molar-refractivity contribution in [2.75, 3.05) is 0 Å². The van der Waals surface area contributed by atoms with Crippen LogP contribution in [0.5, 0.6) is 0 Å². The predicted octanol–water partition coefficient (Wildman–Crippen LogP) is 6.19. The van der Waals surface area contributed by atoms with Crippen molar-refractivity contribution in [3.05, 3.63) is 68.4 Å². The van der Waals surface area contributed by atoms with E-state index in [1.165, 1.54) is 29.5 Å². The molecule has 0 radical (unpaired) electrons. The second kappa shape index (κ2) is 11.4. The van der Waals surface area contributed by atoms with Gasteiger partial charge in [0.15, 0.2) is 0 Å². The minimum atomic E-state index is -0.803. The zero-order chi connectivity index (χ0) is 23.3. The van der Waals surface area contributed by atoms with E-state index in [-0.39, 0.29) is 35.5 Å². The summed E-state index contributed by atoms with van der Waals surface area (Å²) in [6, 6.07) is 8.61. The highest BCUT2D eigenvalue weighted by Crippen LogP contribution is 2.28. The van der Waals surface area contributed by atoms with Crippen molar-refractivity contribution in [3.63, 3.8) is 0 Å². The summed E-state index contributed by atoms with van der Waals surface area (Å²) < 4.78 is 14.3. The van der Waals surface area contributed by atoms with Crippen molar-refractivity contribution in [2.24, 2.45) is 0 Å². The minimum Gasteiger partial charge on any atom is -0.352 e. The summed E-state index contributed by atoms with van der Waals surface area (Å²) in [6.07, 6.45) is 4.88. The molecule has 8 heteroatoms. The Hall–Kier alpha value is -1.82. The van der Waals surface area contributed by atoms with Crippen LogP contribution in [0.4, 0.5) is 4.39 Å². The normalized spacial score (nSPS) is 15.3. The first-order valence-corrected chi connectivity index (χ1v) is 11.9. The lowest BCUT2D eigenvalue weighted by Gasteiger charge is -2.32. The fraction of sp³-hybridized carbons (Fsp3) is 0.417. The maximum absolute atomic E-state index is 14.3. The average molecular weight is 500 g/mol. The van der Waals surface area contributed by atoms with Crippen LogP contribution in [0.3, 0.4) is 0 Å². The van der Waals surface area contributed by atoms with Crippen molar-refractivity contribution in [1.29, 1.82) is 0 Å². The van der Waals surface area contributed by atoms with Crippen LogP contribution in [0.25, 0.3) is 0 Å². The summed E-state index contributed by atoms with van der Waals surface area (Å²) in [7, 11) is 0. The molecule has 1 atom stereocenters. The first-order chi connectivity index (χ1) is 15.3. The molecule has 1 saturated carbocycles. The topological polar surface area (TPSA) is 49.4 Å². The van der Waals surface area contributed by atoms with Gasteiger partial charge < -0.3 is 10.2 Å².